The number of nitrogens with zero attached hydrogens (tertiary/aromatic N) is 2. The first-order chi connectivity index (χ1) is 12.2. The average Bonchev–Trinajstić information content (AvgIpc) is 3.12. The van der Waals surface area contributed by atoms with E-state index in [0.717, 1.165) is 35.7 Å². The Labute approximate surface area is 152 Å². The number of nitrogens with one attached hydrogen (secondary N) is 1. The molecule has 1 N–H and O–H groups in total. The third kappa shape index (κ3) is 3.20. The van der Waals surface area contributed by atoms with E-state index >= 15 is 0 Å². The van der Waals surface area contributed by atoms with Gasteiger partial charge in [-0.15, -0.1) is 0 Å². The molecule has 0 bridgehead atoms. The molecule has 3 heterocycles. The Bertz CT molecular complexity index is 968. The van der Waals surface area contributed by atoms with Gasteiger partial charge in [0.15, 0.2) is 0 Å². The number of pyridine rings is 1. The lowest BCUT2D eigenvalue weighted by Crippen LogP contribution is -2.29. The third-order valence-corrected chi connectivity index (χ3v) is 5.14. The van der Waals surface area contributed by atoms with E-state index in [-0.39, 0.29) is 0 Å². The van der Waals surface area contributed by atoms with Crippen LogP contribution in [0.4, 0.5) is 5.69 Å². The van der Waals surface area contributed by atoms with Crippen molar-refractivity contribution in [1.29, 1.82) is 0 Å². The number of anilines is 1. The van der Waals surface area contributed by atoms with Crippen molar-refractivity contribution in [2.24, 2.45) is 0 Å². The molecule has 0 saturated carbocycles. The molecular formula is C21H20ClN3. The topological polar surface area (TPSA) is 31.9 Å². The molecule has 126 valence electrons. The molecule has 0 spiro atoms. The lowest BCUT2D eigenvalue weighted by Gasteiger charge is -2.29. The van der Waals surface area contributed by atoms with Crippen molar-refractivity contribution < 1.29 is 0 Å². The quantitative estimate of drug-likeness (QED) is 0.688. The van der Waals surface area contributed by atoms with Gasteiger partial charge in [-0.25, -0.2) is 4.98 Å². The Morgan fingerprint density at radius 2 is 2.08 bits per heavy atom. The highest BCUT2D eigenvalue weighted by Gasteiger charge is 2.15. The Morgan fingerprint density at radius 3 is 2.88 bits per heavy atom. The van der Waals surface area contributed by atoms with Crippen molar-refractivity contribution in [2.45, 2.75) is 13.3 Å². The average molecular weight is 350 g/mol. The molecule has 0 amide bonds. The smallest absolute Gasteiger partial charge is 0.137 e. The van der Waals surface area contributed by atoms with E-state index in [4.69, 9.17) is 11.6 Å². The lowest BCUT2D eigenvalue weighted by atomic mass is 10.0. The van der Waals surface area contributed by atoms with Crippen LogP contribution < -0.4 is 4.90 Å². The number of aromatic nitrogens is 2. The van der Waals surface area contributed by atoms with Crippen molar-refractivity contribution in [3.05, 3.63) is 76.6 Å². The molecule has 1 aliphatic heterocycles. The van der Waals surface area contributed by atoms with E-state index in [1.54, 1.807) is 0 Å². The molecule has 4 heteroatoms. The van der Waals surface area contributed by atoms with Gasteiger partial charge in [-0.2, -0.15) is 0 Å². The Kier molecular flexibility index (Phi) is 4.33. The summed E-state index contributed by atoms with van der Waals surface area (Å²) >= 11 is 6.21. The van der Waals surface area contributed by atoms with Gasteiger partial charge in [0.05, 0.1) is 11.9 Å². The maximum absolute atomic E-state index is 6.21. The fourth-order valence-electron chi connectivity index (χ4n) is 3.31. The van der Waals surface area contributed by atoms with Gasteiger partial charge in [-0.3, -0.25) is 0 Å². The standard InChI is InChI=1S/C21H20ClN3/c1-15-18-8-11-23-21(18)24-14-20(15)25-12-9-16(10-13-25)6-7-17-4-2-3-5-19(17)22/h2-9,11,14H,10,12-13H2,1H3,(H,23,24). The number of halogens is 1. The van der Waals surface area contributed by atoms with E-state index in [2.05, 4.69) is 46.1 Å². The second kappa shape index (κ2) is 6.77. The van der Waals surface area contributed by atoms with Gasteiger partial charge in [0.2, 0.25) is 0 Å². The molecule has 1 aliphatic rings. The SMILES string of the molecule is Cc1c(N2CC=C(C=Cc3ccccc3Cl)CC2)cnc2[nH]ccc12. The number of aromatic amines is 1. The highest BCUT2D eigenvalue weighted by atomic mass is 35.5. The van der Waals surface area contributed by atoms with E-state index in [1.807, 2.05) is 36.7 Å². The highest BCUT2D eigenvalue weighted by Crippen LogP contribution is 2.28. The first-order valence-electron chi connectivity index (χ1n) is 8.51. The molecule has 3 nitrogen and oxygen atoms in total. The maximum atomic E-state index is 6.21. The number of fused-ring (bicyclic) bond motifs is 1. The summed E-state index contributed by atoms with van der Waals surface area (Å²) < 4.78 is 0. The summed E-state index contributed by atoms with van der Waals surface area (Å²) in [7, 11) is 0. The van der Waals surface area contributed by atoms with Gasteiger partial charge in [-0.1, -0.05) is 48.0 Å². The Balaban J connectivity index is 1.51. The zero-order valence-electron chi connectivity index (χ0n) is 14.2. The molecule has 0 fully saturated rings. The van der Waals surface area contributed by atoms with Gasteiger partial charge < -0.3 is 9.88 Å². The van der Waals surface area contributed by atoms with Crippen LogP contribution in [0.1, 0.15) is 17.5 Å². The summed E-state index contributed by atoms with van der Waals surface area (Å²) in [6.07, 6.45) is 11.5. The highest BCUT2D eigenvalue weighted by molar-refractivity contribution is 6.32. The van der Waals surface area contributed by atoms with Crippen molar-refractivity contribution in [3.8, 4) is 0 Å². The number of aryl methyl sites for hydroxylation is 1. The second-order valence-corrected chi connectivity index (χ2v) is 6.75. The van der Waals surface area contributed by atoms with E-state index < -0.39 is 0 Å². The van der Waals surface area contributed by atoms with Gasteiger partial charge in [0.25, 0.3) is 0 Å². The van der Waals surface area contributed by atoms with Crippen LogP contribution in [0, 0.1) is 6.92 Å². The van der Waals surface area contributed by atoms with Crippen LogP contribution >= 0.6 is 11.6 Å². The van der Waals surface area contributed by atoms with Crippen LogP contribution in [0.3, 0.4) is 0 Å². The number of hydrogen-bond acceptors (Lipinski definition) is 2. The summed E-state index contributed by atoms with van der Waals surface area (Å²) in [5, 5.41) is 1.99. The van der Waals surface area contributed by atoms with Gasteiger partial charge in [0, 0.05) is 29.7 Å². The molecule has 3 aromatic rings. The van der Waals surface area contributed by atoms with E-state index in [0.29, 0.717) is 0 Å². The summed E-state index contributed by atoms with van der Waals surface area (Å²) in [5.41, 5.74) is 5.87. The van der Waals surface area contributed by atoms with Crippen LogP contribution in [-0.2, 0) is 0 Å². The number of H-pyrrole nitrogens is 1. The van der Waals surface area contributed by atoms with Gasteiger partial charge in [0.1, 0.15) is 5.65 Å². The van der Waals surface area contributed by atoms with E-state index in [9.17, 15) is 0 Å². The molecule has 0 radical (unpaired) electrons. The van der Waals surface area contributed by atoms with Crippen molar-refractivity contribution in [1.82, 2.24) is 9.97 Å². The predicted octanol–water partition coefficient (Wildman–Crippen LogP) is 5.37. The number of allylic oxidation sites excluding steroid dienone is 1. The molecule has 0 atom stereocenters. The lowest BCUT2D eigenvalue weighted by molar-refractivity contribution is 0.797. The minimum Gasteiger partial charge on any atom is -0.366 e. The molecule has 4 rings (SSSR count). The van der Waals surface area contributed by atoms with Crippen molar-refractivity contribution >= 4 is 34.4 Å². The summed E-state index contributed by atoms with van der Waals surface area (Å²) in [4.78, 5) is 10.1. The number of rotatable bonds is 3. The van der Waals surface area contributed by atoms with Crippen molar-refractivity contribution in [3.63, 3.8) is 0 Å². The zero-order valence-corrected chi connectivity index (χ0v) is 14.9. The molecule has 25 heavy (non-hydrogen) atoms. The Morgan fingerprint density at radius 1 is 1.20 bits per heavy atom. The molecule has 0 unspecified atom stereocenters. The number of benzene rings is 1. The van der Waals surface area contributed by atoms with Crippen LogP contribution in [0.2, 0.25) is 5.02 Å². The minimum absolute atomic E-state index is 0.790. The van der Waals surface area contributed by atoms with E-state index in [1.165, 1.54) is 22.2 Å². The maximum Gasteiger partial charge on any atom is 0.137 e. The molecule has 0 saturated heterocycles. The van der Waals surface area contributed by atoms with Crippen LogP contribution in [0.5, 0.6) is 0 Å². The van der Waals surface area contributed by atoms with Crippen molar-refractivity contribution in [2.75, 3.05) is 18.0 Å². The molecule has 1 aromatic carbocycles. The predicted molar refractivity (Wildman–Crippen MR) is 106 cm³/mol. The number of hydrogen-bond donors (Lipinski definition) is 1. The fourth-order valence-corrected chi connectivity index (χ4v) is 3.51. The van der Waals surface area contributed by atoms with Gasteiger partial charge >= 0.3 is 0 Å². The molecule has 0 aliphatic carbocycles. The second-order valence-electron chi connectivity index (χ2n) is 6.34. The Hall–Kier alpha value is -2.52. The summed E-state index contributed by atoms with van der Waals surface area (Å²) in [6.45, 7) is 4.07. The van der Waals surface area contributed by atoms with Crippen LogP contribution in [0.25, 0.3) is 17.1 Å². The summed E-state index contributed by atoms with van der Waals surface area (Å²) in [6, 6.07) is 10.0. The van der Waals surface area contributed by atoms with Gasteiger partial charge in [-0.05, 0) is 42.2 Å². The summed E-state index contributed by atoms with van der Waals surface area (Å²) in [5.74, 6) is 0. The molecule has 2 aromatic heterocycles. The van der Waals surface area contributed by atoms with Crippen LogP contribution in [0.15, 0.2) is 60.5 Å². The molecular weight excluding hydrogens is 330 g/mol. The fraction of sp³-hybridized carbons (Fsp3) is 0.190. The first-order valence-corrected chi connectivity index (χ1v) is 8.89. The van der Waals surface area contributed by atoms with Crippen LogP contribution in [-0.4, -0.2) is 23.1 Å². The first kappa shape index (κ1) is 16.0. The normalized spacial score (nSPS) is 15.1. The minimum atomic E-state index is 0.790. The largest absolute Gasteiger partial charge is 0.366 e. The zero-order chi connectivity index (χ0) is 17.2. The monoisotopic (exact) mass is 349 g/mol. The third-order valence-electron chi connectivity index (χ3n) is 4.80.